The molecule has 7 nitrogen and oxygen atoms in total. The first-order valence-corrected chi connectivity index (χ1v) is 9.13. The van der Waals surface area contributed by atoms with Crippen molar-refractivity contribution in [1.29, 1.82) is 0 Å². The number of H-pyrrole nitrogens is 1. The van der Waals surface area contributed by atoms with E-state index in [2.05, 4.69) is 15.3 Å². The number of aromatic amines is 1. The highest BCUT2D eigenvalue weighted by Gasteiger charge is 2.36. The zero-order valence-corrected chi connectivity index (χ0v) is 16.3. The summed E-state index contributed by atoms with van der Waals surface area (Å²) < 4.78 is 45.0. The van der Waals surface area contributed by atoms with E-state index in [4.69, 9.17) is 4.74 Å². The fourth-order valence-electron chi connectivity index (χ4n) is 3.49. The highest BCUT2D eigenvalue weighted by molar-refractivity contribution is 5.92. The third-order valence-corrected chi connectivity index (χ3v) is 4.93. The quantitative estimate of drug-likeness (QED) is 0.857. The van der Waals surface area contributed by atoms with E-state index < -0.39 is 18.8 Å². The van der Waals surface area contributed by atoms with Crippen molar-refractivity contribution in [3.63, 3.8) is 0 Å². The van der Waals surface area contributed by atoms with Gasteiger partial charge >= 0.3 is 6.18 Å². The summed E-state index contributed by atoms with van der Waals surface area (Å²) in [5.41, 5.74) is 2.57. The SMILES string of the molecule is Cc1nn(CC(F)(F)F)c(C)c1[C@H]1COCCN1C(=O)c1cc(C(C)C)[nH]n1. The minimum absolute atomic E-state index is 0.194. The Morgan fingerprint density at radius 3 is 2.71 bits per heavy atom. The molecule has 0 bridgehead atoms. The molecule has 3 heterocycles. The average Bonchev–Trinajstić information content (AvgIpc) is 3.19. The normalized spacial score (nSPS) is 18.1. The molecule has 0 spiro atoms. The molecule has 1 aliphatic rings. The van der Waals surface area contributed by atoms with E-state index in [1.54, 1.807) is 24.8 Å². The first-order valence-electron chi connectivity index (χ1n) is 9.13. The summed E-state index contributed by atoms with van der Waals surface area (Å²) in [6.07, 6.45) is -4.37. The maximum atomic E-state index is 13.1. The van der Waals surface area contributed by atoms with Crippen molar-refractivity contribution in [1.82, 2.24) is 24.9 Å². The Bertz CT molecular complexity index is 856. The number of ether oxygens (including phenoxy) is 1. The Labute approximate surface area is 160 Å². The van der Waals surface area contributed by atoms with Crippen LogP contribution in [0.2, 0.25) is 0 Å². The van der Waals surface area contributed by atoms with Crippen LogP contribution in [0, 0.1) is 13.8 Å². The molecule has 1 aliphatic heterocycles. The first-order chi connectivity index (χ1) is 13.1. The van der Waals surface area contributed by atoms with E-state index in [0.29, 0.717) is 30.1 Å². The standard InChI is InChI=1S/C18H24F3N5O2/c1-10(2)13-7-14(23-22-13)17(27)25-5-6-28-8-15(25)16-11(3)24-26(12(16)4)9-18(19,20)21/h7,10,15H,5-6,8-9H2,1-4H3,(H,22,23)/t15-/m1/s1. The van der Waals surface area contributed by atoms with Gasteiger partial charge in [0.05, 0.1) is 24.9 Å². The molecule has 1 fully saturated rings. The third-order valence-electron chi connectivity index (χ3n) is 4.93. The third kappa shape index (κ3) is 4.06. The number of alkyl halides is 3. The second-order valence-electron chi connectivity index (χ2n) is 7.31. The Hall–Kier alpha value is -2.36. The number of hydrogen-bond donors (Lipinski definition) is 1. The molecule has 2 aromatic heterocycles. The Morgan fingerprint density at radius 2 is 2.11 bits per heavy atom. The summed E-state index contributed by atoms with van der Waals surface area (Å²) in [5, 5.41) is 11.0. The van der Waals surface area contributed by atoms with E-state index in [-0.39, 0.29) is 24.1 Å². The molecule has 1 saturated heterocycles. The fourth-order valence-corrected chi connectivity index (χ4v) is 3.49. The predicted molar refractivity (Wildman–Crippen MR) is 95.0 cm³/mol. The number of rotatable bonds is 4. The van der Waals surface area contributed by atoms with Crippen LogP contribution in [-0.2, 0) is 11.3 Å². The zero-order valence-electron chi connectivity index (χ0n) is 16.3. The molecule has 0 radical (unpaired) electrons. The van der Waals surface area contributed by atoms with E-state index in [1.165, 1.54) is 0 Å². The van der Waals surface area contributed by atoms with Crippen molar-refractivity contribution in [3.05, 3.63) is 34.4 Å². The number of carbonyl (C=O) groups is 1. The monoisotopic (exact) mass is 399 g/mol. The molecule has 154 valence electrons. The van der Waals surface area contributed by atoms with E-state index in [9.17, 15) is 18.0 Å². The molecule has 1 amide bonds. The number of aryl methyl sites for hydroxylation is 1. The molecule has 28 heavy (non-hydrogen) atoms. The summed E-state index contributed by atoms with van der Waals surface area (Å²) in [5.74, 6) is -0.0848. The second-order valence-corrected chi connectivity index (χ2v) is 7.31. The minimum Gasteiger partial charge on any atom is -0.377 e. The van der Waals surface area contributed by atoms with Crippen molar-refractivity contribution in [2.45, 2.75) is 52.4 Å². The van der Waals surface area contributed by atoms with Crippen LogP contribution in [0.4, 0.5) is 13.2 Å². The zero-order chi connectivity index (χ0) is 20.6. The molecule has 1 atom stereocenters. The molecule has 2 aromatic rings. The molecule has 0 unspecified atom stereocenters. The maximum Gasteiger partial charge on any atom is 0.408 e. The molecule has 3 rings (SSSR count). The van der Waals surface area contributed by atoms with Crippen molar-refractivity contribution >= 4 is 5.91 Å². The number of nitrogens with one attached hydrogen (secondary N) is 1. The fraction of sp³-hybridized carbons (Fsp3) is 0.611. The highest BCUT2D eigenvalue weighted by Crippen LogP contribution is 2.32. The minimum atomic E-state index is -4.37. The van der Waals surface area contributed by atoms with Crippen molar-refractivity contribution in [2.75, 3.05) is 19.8 Å². The van der Waals surface area contributed by atoms with Gasteiger partial charge in [-0.1, -0.05) is 13.8 Å². The lowest BCUT2D eigenvalue weighted by atomic mass is 10.0. The Morgan fingerprint density at radius 1 is 1.39 bits per heavy atom. The number of aromatic nitrogens is 4. The van der Waals surface area contributed by atoms with Gasteiger partial charge < -0.3 is 9.64 Å². The number of carbonyl (C=O) groups excluding carboxylic acids is 1. The van der Waals surface area contributed by atoms with Crippen LogP contribution in [-0.4, -0.2) is 56.7 Å². The number of nitrogens with zero attached hydrogens (tertiary/aromatic N) is 4. The molecule has 0 saturated carbocycles. The van der Waals surface area contributed by atoms with Gasteiger partial charge in [-0.05, 0) is 25.8 Å². The summed E-state index contributed by atoms with van der Waals surface area (Å²) in [6, 6.07) is 1.20. The van der Waals surface area contributed by atoms with Gasteiger partial charge in [-0.3, -0.25) is 14.6 Å². The summed E-state index contributed by atoms with van der Waals surface area (Å²) in [6.45, 7) is 6.93. The molecule has 0 aromatic carbocycles. The van der Waals surface area contributed by atoms with Gasteiger partial charge in [-0.25, -0.2) is 0 Å². The number of hydrogen-bond acceptors (Lipinski definition) is 4. The molecule has 1 N–H and O–H groups in total. The second kappa shape index (κ2) is 7.57. The Balaban J connectivity index is 1.92. The van der Waals surface area contributed by atoms with Crippen LogP contribution in [0.5, 0.6) is 0 Å². The van der Waals surface area contributed by atoms with Crippen LogP contribution in [0.1, 0.15) is 58.9 Å². The van der Waals surface area contributed by atoms with Gasteiger partial charge in [0.2, 0.25) is 0 Å². The van der Waals surface area contributed by atoms with Crippen LogP contribution in [0.15, 0.2) is 6.07 Å². The summed E-state index contributed by atoms with van der Waals surface area (Å²) in [4.78, 5) is 14.7. The predicted octanol–water partition coefficient (Wildman–Crippen LogP) is 3.12. The maximum absolute atomic E-state index is 13.1. The number of halogens is 3. The highest BCUT2D eigenvalue weighted by atomic mass is 19.4. The smallest absolute Gasteiger partial charge is 0.377 e. The summed E-state index contributed by atoms with van der Waals surface area (Å²) in [7, 11) is 0. The lowest BCUT2D eigenvalue weighted by molar-refractivity contribution is -0.143. The average molecular weight is 399 g/mol. The molecular formula is C18H24F3N5O2. The van der Waals surface area contributed by atoms with Crippen LogP contribution in [0.25, 0.3) is 0 Å². The van der Waals surface area contributed by atoms with Gasteiger partial charge in [-0.15, -0.1) is 0 Å². The van der Waals surface area contributed by atoms with Gasteiger partial charge in [0, 0.05) is 23.5 Å². The molecular weight excluding hydrogens is 375 g/mol. The van der Waals surface area contributed by atoms with Gasteiger partial charge in [0.25, 0.3) is 5.91 Å². The van der Waals surface area contributed by atoms with Crippen molar-refractivity contribution in [2.24, 2.45) is 0 Å². The topological polar surface area (TPSA) is 76.0 Å². The van der Waals surface area contributed by atoms with Gasteiger partial charge in [-0.2, -0.15) is 23.4 Å². The van der Waals surface area contributed by atoms with Crippen LogP contribution in [0.3, 0.4) is 0 Å². The first kappa shape index (κ1) is 20.4. The number of morpholine rings is 1. The summed E-state index contributed by atoms with van der Waals surface area (Å²) >= 11 is 0. The van der Waals surface area contributed by atoms with E-state index >= 15 is 0 Å². The van der Waals surface area contributed by atoms with Crippen molar-refractivity contribution < 1.29 is 22.7 Å². The molecule has 0 aliphatic carbocycles. The Kier molecular flexibility index (Phi) is 5.51. The van der Waals surface area contributed by atoms with Crippen LogP contribution < -0.4 is 0 Å². The van der Waals surface area contributed by atoms with Gasteiger partial charge in [0.1, 0.15) is 12.2 Å². The largest absolute Gasteiger partial charge is 0.408 e. The molecule has 10 heteroatoms. The lowest BCUT2D eigenvalue weighted by Gasteiger charge is -2.35. The van der Waals surface area contributed by atoms with Crippen LogP contribution >= 0.6 is 0 Å². The number of amides is 1. The van der Waals surface area contributed by atoms with Crippen molar-refractivity contribution in [3.8, 4) is 0 Å². The van der Waals surface area contributed by atoms with E-state index in [0.717, 1.165) is 10.4 Å². The lowest BCUT2D eigenvalue weighted by Crippen LogP contribution is -2.44. The van der Waals surface area contributed by atoms with Gasteiger partial charge in [0.15, 0.2) is 0 Å². The van der Waals surface area contributed by atoms with E-state index in [1.807, 2.05) is 13.8 Å².